The minimum absolute atomic E-state index is 0.0640. The quantitative estimate of drug-likeness (QED) is 0.529. The van der Waals surface area contributed by atoms with Gasteiger partial charge >= 0.3 is 0 Å². The van der Waals surface area contributed by atoms with Gasteiger partial charge in [-0.2, -0.15) is 5.10 Å². The minimum atomic E-state index is 0.0640. The third kappa shape index (κ3) is 3.31. The fourth-order valence-corrected chi connectivity index (χ4v) is 3.95. The van der Waals surface area contributed by atoms with Gasteiger partial charge in [-0.1, -0.05) is 35.9 Å². The van der Waals surface area contributed by atoms with Crippen molar-refractivity contribution < 1.29 is 4.79 Å². The molecule has 0 saturated carbocycles. The van der Waals surface area contributed by atoms with Gasteiger partial charge in [-0.3, -0.25) is 4.79 Å². The minimum Gasteiger partial charge on any atom is -0.365 e. The lowest BCUT2D eigenvalue weighted by Gasteiger charge is -2.28. The zero-order valence-corrected chi connectivity index (χ0v) is 17.3. The van der Waals surface area contributed by atoms with E-state index < -0.39 is 0 Å². The number of para-hydroxylation sites is 1. The number of hydrogen-bond acceptors (Lipinski definition) is 5. The highest BCUT2D eigenvalue weighted by molar-refractivity contribution is 6.34. The number of rotatable bonds is 4. The predicted molar refractivity (Wildman–Crippen MR) is 119 cm³/mol. The normalized spacial score (nSPS) is 14.3. The second-order valence-corrected chi connectivity index (χ2v) is 7.78. The number of piperazine rings is 1. The van der Waals surface area contributed by atoms with E-state index in [1.165, 1.54) is 0 Å². The van der Waals surface area contributed by atoms with E-state index >= 15 is 0 Å². The van der Waals surface area contributed by atoms with Crippen LogP contribution in [0.1, 0.15) is 11.3 Å². The van der Waals surface area contributed by atoms with Gasteiger partial charge in [0, 0.05) is 30.7 Å². The molecule has 1 aliphatic rings. The summed E-state index contributed by atoms with van der Waals surface area (Å²) in [7, 11) is 0. The summed E-state index contributed by atoms with van der Waals surface area (Å²) in [5, 5.41) is 12.4. The molecule has 30 heavy (non-hydrogen) atoms. The van der Waals surface area contributed by atoms with Gasteiger partial charge in [-0.15, -0.1) is 0 Å². The maximum atomic E-state index is 11.6. The van der Waals surface area contributed by atoms with Crippen molar-refractivity contribution in [2.24, 2.45) is 0 Å². The molecule has 1 saturated heterocycles. The van der Waals surface area contributed by atoms with Crippen LogP contribution >= 0.6 is 11.6 Å². The average Bonchev–Trinajstić information content (AvgIpc) is 3.06. The van der Waals surface area contributed by atoms with E-state index in [0.29, 0.717) is 30.3 Å². The summed E-state index contributed by atoms with van der Waals surface area (Å²) in [6.07, 6.45) is 0. The fraction of sp³-hybridized carbons (Fsp3) is 0.227. The first kappa shape index (κ1) is 18.7. The van der Waals surface area contributed by atoms with E-state index in [4.69, 9.17) is 16.6 Å². The molecule has 4 aromatic rings. The van der Waals surface area contributed by atoms with E-state index in [1.54, 1.807) is 4.52 Å². The molecular formula is C22H21ClN6O. The van der Waals surface area contributed by atoms with Gasteiger partial charge in [0.25, 0.3) is 0 Å². The zero-order chi connectivity index (χ0) is 20.7. The van der Waals surface area contributed by atoms with E-state index in [1.807, 2.05) is 31.2 Å². The summed E-state index contributed by atoms with van der Waals surface area (Å²) in [5.41, 5.74) is 4.54. The van der Waals surface area contributed by atoms with Crippen LogP contribution in [0.3, 0.4) is 0 Å². The number of benzene rings is 2. The number of nitrogens with one attached hydrogen (secondary N) is 2. The number of aryl methyl sites for hydroxylation is 1. The molecule has 0 spiro atoms. The molecular weight excluding hydrogens is 400 g/mol. The third-order valence-electron chi connectivity index (χ3n) is 5.37. The summed E-state index contributed by atoms with van der Waals surface area (Å²) < 4.78 is 1.79. The van der Waals surface area contributed by atoms with Crippen molar-refractivity contribution in [3.63, 3.8) is 0 Å². The van der Waals surface area contributed by atoms with Gasteiger partial charge in [0.15, 0.2) is 5.65 Å². The largest absolute Gasteiger partial charge is 0.365 e. The Morgan fingerprint density at radius 3 is 2.77 bits per heavy atom. The lowest BCUT2D eigenvalue weighted by Crippen LogP contribution is -2.47. The number of anilines is 2. The Morgan fingerprint density at radius 1 is 1.17 bits per heavy atom. The van der Waals surface area contributed by atoms with Crippen LogP contribution in [0.15, 0.2) is 48.5 Å². The SMILES string of the molecule is Cc1nn2c(nc(NCc3ccc(N4CCNC(=O)C4)cc3)c3ccccc32)c1Cl. The number of carbonyl (C=O) groups excluding carboxylic acids is 1. The van der Waals surface area contributed by atoms with Gasteiger partial charge in [-0.25, -0.2) is 9.50 Å². The van der Waals surface area contributed by atoms with E-state index in [9.17, 15) is 4.79 Å². The number of carbonyl (C=O) groups is 1. The van der Waals surface area contributed by atoms with Gasteiger partial charge in [0.05, 0.1) is 17.8 Å². The molecule has 2 aromatic heterocycles. The van der Waals surface area contributed by atoms with E-state index in [2.05, 4.69) is 44.9 Å². The first-order valence-electron chi connectivity index (χ1n) is 9.88. The Labute approximate surface area is 178 Å². The molecule has 0 bridgehead atoms. The second-order valence-electron chi connectivity index (χ2n) is 7.40. The zero-order valence-electron chi connectivity index (χ0n) is 16.5. The highest BCUT2D eigenvalue weighted by atomic mass is 35.5. The first-order chi connectivity index (χ1) is 14.6. The van der Waals surface area contributed by atoms with Gasteiger partial charge < -0.3 is 15.5 Å². The monoisotopic (exact) mass is 420 g/mol. The number of nitrogens with zero attached hydrogens (tertiary/aromatic N) is 4. The van der Waals surface area contributed by atoms with Crippen molar-refractivity contribution in [3.05, 3.63) is 64.8 Å². The van der Waals surface area contributed by atoms with Gasteiger partial charge in [0.2, 0.25) is 5.91 Å². The molecule has 2 N–H and O–H groups in total. The third-order valence-corrected chi connectivity index (χ3v) is 5.81. The molecule has 1 aliphatic heterocycles. The summed E-state index contributed by atoms with van der Waals surface area (Å²) in [5.74, 6) is 0.839. The molecule has 0 unspecified atom stereocenters. The molecule has 5 rings (SSSR count). The van der Waals surface area contributed by atoms with Crippen molar-refractivity contribution in [1.82, 2.24) is 19.9 Å². The smallest absolute Gasteiger partial charge is 0.239 e. The van der Waals surface area contributed by atoms with Crippen LogP contribution in [-0.4, -0.2) is 40.1 Å². The van der Waals surface area contributed by atoms with E-state index in [-0.39, 0.29) is 5.91 Å². The van der Waals surface area contributed by atoms with Crippen LogP contribution in [0, 0.1) is 6.92 Å². The maximum Gasteiger partial charge on any atom is 0.239 e. The van der Waals surface area contributed by atoms with Gasteiger partial charge in [-0.05, 0) is 36.8 Å². The van der Waals surface area contributed by atoms with Crippen LogP contribution in [0.4, 0.5) is 11.5 Å². The lowest BCUT2D eigenvalue weighted by atomic mass is 10.1. The average molecular weight is 421 g/mol. The number of fused-ring (bicyclic) bond motifs is 3. The molecule has 0 radical (unpaired) electrons. The van der Waals surface area contributed by atoms with Crippen molar-refractivity contribution >= 4 is 45.6 Å². The van der Waals surface area contributed by atoms with Crippen LogP contribution in [0.5, 0.6) is 0 Å². The standard InChI is InChI=1S/C22H21ClN6O/c1-14-20(23)22-26-21(17-4-2-3-5-18(17)29(22)27-14)25-12-15-6-8-16(9-7-15)28-11-10-24-19(30)13-28/h2-9H,10-13H2,1H3,(H,24,30)(H,25,26). The number of aromatic nitrogens is 3. The summed E-state index contributed by atoms with van der Waals surface area (Å²) in [6, 6.07) is 16.3. The Balaban J connectivity index is 1.40. The second kappa shape index (κ2) is 7.50. The van der Waals surface area contributed by atoms with Crippen molar-refractivity contribution in [2.45, 2.75) is 13.5 Å². The van der Waals surface area contributed by atoms with Crippen molar-refractivity contribution in [3.8, 4) is 0 Å². The molecule has 0 aliphatic carbocycles. The van der Waals surface area contributed by atoms with Crippen LogP contribution in [0.25, 0.3) is 16.6 Å². The maximum absolute atomic E-state index is 11.6. The molecule has 2 aromatic carbocycles. The molecule has 7 nitrogen and oxygen atoms in total. The van der Waals surface area contributed by atoms with Crippen molar-refractivity contribution in [2.75, 3.05) is 29.9 Å². The Hall–Kier alpha value is -3.32. The lowest BCUT2D eigenvalue weighted by molar-refractivity contribution is -0.120. The Kier molecular flexibility index (Phi) is 4.67. The number of amides is 1. The fourth-order valence-electron chi connectivity index (χ4n) is 3.79. The Bertz CT molecular complexity index is 1250. The number of halogens is 1. The summed E-state index contributed by atoms with van der Waals surface area (Å²) in [6.45, 7) is 4.41. The summed E-state index contributed by atoms with van der Waals surface area (Å²) in [4.78, 5) is 18.4. The molecule has 0 atom stereocenters. The van der Waals surface area contributed by atoms with Crippen LogP contribution < -0.4 is 15.5 Å². The summed E-state index contributed by atoms with van der Waals surface area (Å²) >= 11 is 6.43. The van der Waals surface area contributed by atoms with Crippen molar-refractivity contribution in [1.29, 1.82) is 0 Å². The van der Waals surface area contributed by atoms with Crippen LogP contribution in [-0.2, 0) is 11.3 Å². The molecule has 3 heterocycles. The van der Waals surface area contributed by atoms with Crippen LogP contribution in [0.2, 0.25) is 5.02 Å². The highest BCUT2D eigenvalue weighted by Gasteiger charge is 2.17. The molecule has 152 valence electrons. The number of hydrogen-bond donors (Lipinski definition) is 2. The molecule has 8 heteroatoms. The predicted octanol–water partition coefficient (Wildman–Crippen LogP) is 3.39. The molecule has 1 amide bonds. The Morgan fingerprint density at radius 2 is 1.97 bits per heavy atom. The molecule has 1 fully saturated rings. The van der Waals surface area contributed by atoms with Gasteiger partial charge in [0.1, 0.15) is 10.8 Å². The van der Waals surface area contributed by atoms with E-state index in [0.717, 1.165) is 40.2 Å². The topological polar surface area (TPSA) is 74.6 Å². The highest BCUT2D eigenvalue weighted by Crippen LogP contribution is 2.28. The first-order valence-corrected chi connectivity index (χ1v) is 10.3.